The molecule has 0 spiro atoms. The molecule has 0 unspecified atom stereocenters. The molecule has 0 radical (unpaired) electrons. The molecule has 72 valence electrons. The number of benzene rings is 1. The second-order valence-electron chi connectivity index (χ2n) is 2.58. The molecule has 0 bridgehead atoms. The fraction of sp³-hybridized carbons (Fsp3) is 0.250. The Morgan fingerprint density at radius 3 is 2.23 bits per heavy atom. The number of alkyl halides is 3. The molecule has 0 amide bonds. The van der Waals surface area contributed by atoms with Crippen LogP contribution in [0.4, 0.5) is 17.6 Å². The van der Waals surface area contributed by atoms with Gasteiger partial charge in [-0.2, -0.15) is 13.2 Å². The average Bonchev–Trinajstić information content (AvgIpc) is 1.94. The van der Waals surface area contributed by atoms with Crippen molar-refractivity contribution < 1.29 is 17.6 Å². The predicted octanol–water partition coefficient (Wildman–Crippen LogP) is 3.81. The summed E-state index contributed by atoms with van der Waals surface area (Å²) in [6.45, 7) is 1.23. The van der Waals surface area contributed by atoms with Gasteiger partial charge in [-0.25, -0.2) is 4.39 Å². The molecular weight excluding hydrogens is 208 g/mol. The zero-order chi connectivity index (χ0) is 10.2. The number of hydrogen-bond donors (Lipinski definition) is 0. The molecule has 0 aliphatic rings. The first-order valence-electron chi connectivity index (χ1n) is 3.35. The summed E-state index contributed by atoms with van der Waals surface area (Å²) in [5.74, 6) is -1.06. The Kier molecular flexibility index (Phi) is 2.52. The minimum atomic E-state index is -4.53. The summed E-state index contributed by atoms with van der Waals surface area (Å²) >= 11 is 5.29. The van der Waals surface area contributed by atoms with Crippen LogP contribution in [-0.4, -0.2) is 0 Å². The number of hydrogen-bond acceptors (Lipinski definition) is 0. The molecule has 0 N–H and O–H groups in total. The highest BCUT2D eigenvalue weighted by Gasteiger charge is 2.33. The van der Waals surface area contributed by atoms with Gasteiger partial charge in [-0.1, -0.05) is 11.6 Å². The van der Waals surface area contributed by atoms with Crippen molar-refractivity contribution in [1.29, 1.82) is 0 Å². The van der Waals surface area contributed by atoms with Gasteiger partial charge in [0.15, 0.2) is 0 Å². The minimum absolute atomic E-state index is 0.0844. The Labute approximate surface area is 77.1 Å². The van der Waals surface area contributed by atoms with Crippen molar-refractivity contribution in [2.24, 2.45) is 0 Å². The van der Waals surface area contributed by atoms with Gasteiger partial charge in [-0.15, -0.1) is 0 Å². The lowest BCUT2D eigenvalue weighted by atomic mass is 10.1. The summed E-state index contributed by atoms with van der Waals surface area (Å²) < 4.78 is 49.1. The number of aryl methyl sites for hydroxylation is 1. The normalized spacial score (nSPS) is 11.8. The van der Waals surface area contributed by atoms with E-state index in [4.69, 9.17) is 11.6 Å². The summed E-state index contributed by atoms with van der Waals surface area (Å²) in [5.41, 5.74) is -1.08. The molecule has 5 heteroatoms. The van der Waals surface area contributed by atoms with Crippen LogP contribution < -0.4 is 0 Å². The molecule has 0 atom stereocenters. The van der Waals surface area contributed by atoms with E-state index in [1.807, 2.05) is 0 Å². The van der Waals surface area contributed by atoms with Crippen LogP contribution in [0, 0.1) is 12.7 Å². The smallest absolute Gasteiger partial charge is 0.205 e. The van der Waals surface area contributed by atoms with E-state index in [2.05, 4.69) is 0 Å². The highest BCUT2D eigenvalue weighted by molar-refractivity contribution is 6.30. The van der Waals surface area contributed by atoms with Gasteiger partial charge in [0.05, 0.1) is 10.6 Å². The summed E-state index contributed by atoms with van der Waals surface area (Å²) in [7, 11) is 0. The van der Waals surface area contributed by atoms with Gasteiger partial charge in [0.1, 0.15) is 5.82 Å². The van der Waals surface area contributed by atoms with E-state index in [1.165, 1.54) is 6.92 Å². The molecular formula is C8H5ClF4. The van der Waals surface area contributed by atoms with Gasteiger partial charge in [-0.3, -0.25) is 0 Å². The standard InChI is InChI=1S/C8H5ClF4/c1-4-2-6(9)7(10)3-5(4)8(11,12)13/h2-3H,1H3. The summed E-state index contributed by atoms with van der Waals surface area (Å²) in [4.78, 5) is 0. The summed E-state index contributed by atoms with van der Waals surface area (Å²) in [6.07, 6.45) is -4.53. The molecule has 0 fully saturated rings. The van der Waals surface area contributed by atoms with Gasteiger partial charge in [0, 0.05) is 0 Å². The Morgan fingerprint density at radius 2 is 1.77 bits per heavy atom. The summed E-state index contributed by atoms with van der Waals surface area (Å²) in [5, 5.41) is -0.300. The fourth-order valence-corrected chi connectivity index (χ4v) is 1.17. The molecule has 13 heavy (non-hydrogen) atoms. The molecule has 1 aromatic rings. The molecule has 0 nitrogen and oxygen atoms in total. The lowest BCUT2D eigenvalue weighted by molar-refractivity contribution is -0.138. The van der Waals surface area contributed by atoms with Crippen molar-refractivity contribution >= 4 is 11.6 Å². The first-order chi connectivity index (χ1) is 5.82. The Morgan fingerprint density at radius 1 is 1.23 bits per heavy atom. The Hall–Kier alpha value is -0.770. The molecule has 0 aromatic heterocycles. The third-order valence-corrected chi connectivity index (χ3v) is 1.86. The first-order valence-corrected chi connectivity index (χ1v) is 3.73. The van der Waals surface area contributed by atoms with Crippen LogP contribution in [0.15, 0.2) is 12.1 Å². The van der Waals surface area contributed by atoms with E-state index in [9.17, 15) is 17.6 Å². The van der Waals surface area contributed by atoms with Crippen LogP contribution in [0.2, 0.25) is 5.02 Å². The van der Waals surface area contributed by atoms with Crippen molar-refractivity contribution in [2.75, 3.05) is 0 Å². The van der Waals surface area contributed by atoms with Gasteiger partial charge in [0.25, 0.3) is 0 Å². The molecule has 0 saturated heterocycles. The van der Waals surface area contributed by atoms with E-state index in [0.29, 0.717) is 6.07 Å². The fourth-order valence-electron chi connectivity index (χ4n) is 0.952. The van der Waals surface area contributed by atoms with Gasteiger partial charge in [-0.05, 0) is 24.6 Å². The molecule has 1 aromatic carbocycles. The van der Waals surface area contributed by atoms with E-state index in [1.54, 1.807) is 0 Å². The van der Waals surface area contributed by atoms with Crippen molar-refractivity contribution in [3.05, 3.63) is 34.1 Å². The highest BCUT2D eigenvalue weighted by Crippen LogP contribution is 2.33. The third-order valence-electron chi connectivity index (χ3n) is 1.57. The van der Waals surface area contributed by atoms with Crippen LogP contribution in [-0.2, 0) is 6.18 Å². The molecule has 0 aliphatic carbocycles. The maximum absolute atomic E-state index is 12.7. The van der Waals surface area contributed by atoms with Crippen molar-refractivity contribution in [3.63, 3.8) is 0 Å². The predicted molar refractivity (Wildman–Crippen MR) is 41.1 cm³/mol. The van der Waals surface area contributed by atoms with Crippen LogP contribution in [0.5, 0.6) is 0 Å². The second kappa shape index (κ2) is 3.18. The van der Waals surface area contributed by atoms with Crippen molar-refractivity contribution in [2.45, 2.75) is 13.1 Å². The van der Waals surface area contributed by atoms with E-state index < -0.39 is 17.6 Å². The zero-order valence-electron chi connectivity index (χ0n) is 6.54. The van der Waals surface area contributed by atoms with Gasteiger partial charge in [0.2, 0.25) is 0 Å². The van der Waals surface area contributed by atoms with Crippen molar-refractivity contribution in [1.82, 2.24) is 0 Å². The molecule has 0 heterocycles. The quantitative estimate of drug-likeness (QED) is 0.574. The zero-order valence-corrected chi connectivity index (χ0v) is 7.30. The first kappa shape index (κ1) is 10.3. The van der Waals surface area contributed by atoms with E-state index in [-0.39, 0.29) is 10.6 Å². The molecule has 0 aliphatic heterocycles. The van der Waals surface area contributed by atoms with Gasteiger partial charge >= 0.3 is 6.18 Å². The Balaban J connectivity index is 3.32. The highest BCUT2D eigenvalue weighted by atomic mass is 35.5. The van der Waals surface area contributed by atoms with Gasteiger partial charge < -0.3 is 0 Å². The third kappa shape index (κ3) is 2.12. The van der Waals surface area contributed by atoms with Crippen LogP contribution in [0.3, 0.4) is 0 Å². The lowest BCUT2D eigenvalue weighted by Crippen LogP contribution is -2.08. The molecule has 0 saturated carbocycles. The van der Waals surface area contributed by atoms with E-state index in [0.717, 1.165) is 6.07 Å². The lowest BCUT2D eigenvalue weighted by Gasteiger charge is -2.10. The number of halogens is 5. The topological polar surface area (TPSA) is 0 Å². The molecule has 1 rings (SSSR count). The maximum Gasteiger partial charge on any atom is 0.416 e. The Bertz CT molecular complexity index is 330. The van der Waals surface area contributed by atoms with Crippen LogP contribution in [0.25, 0.3) is 0 Å². The summed E-state index contributed by atoms with van der Waals surface area (Å²) in [6, 6.07) is 1.36. The largest absolute Gasteiger partial charge is 0.416 e. The minimum Gasteiger partial charge on any atom is -0.205 e. The average molecular weight is 213 g/mol. The SMILES string of the molecule is Cc1cc(Cl)c(F)cc1C(F)(F)F. The maximum atomic E-state index is 12.7. The number of rotatable bonds is 0. The van der Waals surface area contributed by atoms with Crippen LogP contribution >= 0.6 is 11.6 Å². The van der Waals surface area contributed by atoms with Crippen LogP contribution in [0.1, 0.15) is 11.1 Å². The van der Waals surface area contributed by atoms with E-state index >= 15 is 0 Å². The monoisotopic (exact) mass is 212 g/mol. The van der Waals surface area contributed by atoms with Crippen molar-refractivity contribution in [3.8, 4) is 0 Å². The second-order valence-corrected chi connectivity index (χ2v) is 2.99.